The summed E-state index contributed by atoms with van der Waals surface area (Å²) in [6.45, 7) is 3.98. The van der Waals surface area contributed by atoms with Crippen LogP contribution in [-0.4, -0.2) is 89.1 Å². The number of benzene rings is 1. The highest BCUT2D eigenvalue weighted by atomic mass is 19.1. The molecular formula is C26H26FN9O9. The summed E-state index contributed by atoms with van der Waals surface area (Å²) >= 11 is 0. The van der Waals surface area contributed by atoms with Crippen LogP contribution in [0, 0.1) is 11.3 Å². The number of nitrogens with one attached hydrogen (secondary N) is 1. The number of ether oxygens (including phenoxy) is 3. The van der Waals surface area contributed by atoms with Crippen molar-refractivity contribution >= 4 is 41.0 Å². The van der Waals surface area contributed by atoms with Gasteiger partial charge in [0.15, 0.2) is 29.4 Å². The van der Waals surface area contributed by atoms with Gasteiger partial charge in [0.05, 0.1) is 24.6 Å². The van der Waals surface area contributed by atoms with E-state index < -0.39 is 72.8 Å². The lowest BCUT2D eigenvalue weighted by Gasteiger charge is -2.27. The predicted octanol–water partition coefficient (Wildman–Crippen LogP) is 2.75. The van der Waals surface area contributed by atoms with Crippen molar-refractivity contribution in [3.05, 3.63) is 52.2 Å². The van der Waals surface area contributed by atoms with E-state index in [0.29, 0.717) is 0 Å². The fraction of sp³-hybridized carbons (Fsp3) is 0.423. The van der Waals surface area contributed by atoms with Gasteiger partial charge in [-0.25, -0.2) is 33.7 Å². The summed E-state index contributed by atoms with van der Waals surface area (Å²) in [5.41, 5.74) is 5.15. The number of hydrogen-bond acceptors (Lipinski definition) is 12. The number of carbonyl (C=O) groups is 3. The minimum absolute atomic E-state index is 0.0990. The molecule has 4 N–H and O–H groups in total. The monoisotopic (exact) mass is 627 g/mol. The fourth-order valence-corrected chi connectivity index (χ4v) is 4.41. The lowest BCUT2D eigenvalue weighted by atomic mass is 9.93. The fourth-order valence-electron chi connectivity index (χ4n) is 4.41. The molecule has 0 spiro atoms. The molecule has 4 rings (SSSR count). The number of azide groups is 1. The number of alkyl halides is 1. The lowest BCUT2D eigenvalue weighted by Crippen LogP contribution is -2.52. The number of halogens is 1. The van der Waals surface area contributed by atoms with E-state index in [1.165, 1.54) is 24.3 Å². The van der Waals surface area contributed by atoms with Gasteiger partial charge in [0.2, 0.25) is 5.95 Å². The Morgan fingerprint density at radius 2 is 1.98 bits per heavy atom. The maximum Gasteiger partial charge on any atom is 0.413 e. The Morgan fingerprint density at radius 3 is 2.60 bits per heavy atom. The number of amides is 1. The first-order valence-electron chi connectivity index (χ1n) is 13.1. The van der Waals surface area contributed by atoms with Crippen molar-refractivity contribution in [2.75, 3.05) is 11.9 Å². The summed E-state index contributed by atoms with van der Waals surface area (Å²) in [5, 5.41) is 45.2. The summed E-state index contributed by atoms with van der Waals surface area (Å²) in [6, 6.07) is 7.44. The summed E-state index contributed by atoms with van der Waals surface area (Å²) in [5.74, 6) is -4.51. The third-order valence-electron chi connectivity index (χ3n) is 6.43. The molecule has 3 aromatic rings. The molecule has 0 bridgehead atoms. The molecule has 19 heteroatoms. The van der Waals surface area contributed by atoms with Crippen LogP contribution in [0.1, 0.15) is 38.1 Å². The zero-order chi connectivity index (χ0) is 33.1. The average molecular weight is 628 g/mol. The molecule has 2 aromatic heterocycles. The Hall–Kier alpha value is -5.41. The van der Waals surface area contributed by atoms with Gasteiger partial charge in [0, 0.05) is 11.3 Å². The van der Waals surface area contributed by atoms with E-state index in [1.54, 1.807) is 20.8 Å². The van der Waals surface area contributed by atoms with Crippen LogP contribution in [0.3, 0.4) is 0 Å². The number of aromatic nitrogens is 4. The van der Waals surface area contributed by atoms with Crippen LogP contribution in [0.5, 0.6) is 0 Å². The van der Waals surface area contributed by atoms with Crippen molar-refractivity contribution in [3.63, 3.8) is 0 Å². The van der Waals surface area contributed by atoms with Gasteiger partial charge in [-0.2, -0.15) is 5.26 Å². The Kier molecular flexibility index (Phi) is 9.15. The lowest BCUT2D eigenvalue weighted by molar-refractivity contribution is -0.190. The van der Waals surface area contributed by atoms with E-state index in [4.69, 9.17) is 25.0 Å². The molecule has 4 atom stereocenters. The molecule has 0 aliphatic carbocycles. The highest BCUT2D eigenvalue weighted by Gasteiger charge is 2.52. The van der Waals surface area contributed by atoms with E-state index in [-0.39, 0.29) is 28.1 Å². The largest absolute Gasteiger partial charge is 0.479 e. The van der Waals surface area contributed by atoms with E-state index in [9.17, 15) is 29.7 Å². The molecule has 18 nitrogen and oxygen atoms in total. The number of carboxylic acid groups (broad SMARTS) is 2. The third kappa shape index (κ3) is 6.89. The normalized spacial score (nSPS) is 19.8. The molecular weight excluding hydrogens is 601 g/mol. The first-order chi connectivity index (χ1) is 21.2. The van der Waals surface area contributed by atoms with Crippen molar-refractivity contribution < 1.29 is 48.3 Å². The highest BCUT2D eigenvalue weighted by molar-refractivity contribution is 6.02. The highest BCUT2D eigenvalue weighted by Crippen LogP contribution is 2.36. The Labute approximate surface area is 252 Å². The zero-order valence-corrected chi connectivity index (χ0v) is 23.9. The molecule has 1 aliphatic heterocycles. The van der Waals surface area contributed by atoms with Crippen LogP contribution >= 0.6 is 0 Å². The second kappa shape index (κ2) is 12.7. The summed E-state index contributed by atoms with van der Waals surface area (Å²) in [6.07, 6.45) is -7.98. The molecule has 0 unspecified atom stereocenters. The SMILES string of the molecule is CC(C)(C)OC(=O)Nc1nc(N=[N+]=[N-])nc2c1ncn2[C@@H]1O[C@H](COC(Cc2cccc(C#N)c2)(C(=O)O)C(=O)O)[C@@H](O)[C@@H]1F. The average Bonchev–Trinajstić information content (AvgIpc) is 3.50. The Balaban J connectivity index is 1.62. The van der Waals surface area contributed by atoms with Crippen molar-refractivity contribution in [2.24, 2.45) is 5.11 Å². The smallest absolute Gasteiger partial charge is 0.413 e. The van der Waals surface area contributed by atoms with E-state index >= 15 is 4.39 Å². The molecule has 45 heavy (non-hydrogen) atoms. The number of aliphatic hydroxyl groups excluding tert-OH is 1. The minimum Gasteiger partial charge on any atom is -0.479 e. The molecule has 1 amide bonds. The number of carbonyl (C=O) groups excluding carboxylic acids is 1. The molecule has 0 radical (unpaired) electrons. The molecule has 3 heterocycles. The van der Waals surface area contributed by atoms with E-state index in [0.717, 1.165) is 10.9 Å². The maximum atomic E-state index is 15.5. The number of rotatable bonds is 10. The standard InChI is InChI=1S/C26H26FN9O9/c1-25(2,3)45-24(42)32-18-16-19(33-23(31-18)34-35-29)36(11-30-16)20-15(27)17(37)14(44-20)10-43-26(21(38)39,22(40)41)8-12-5-4-6-13(7-12)9-28/h4-7,11,14-15,17,20,37H,8,10H2,1-3H3,(H,38,39)(H,40,41)(H,31,32,33,42)/t14-,15+,17-,20-/m1/s1. The van der Waals surface area contributed by atoms with Gasteiger partial charge in [0.1, 0.15) is 17.8 Å². The second-order valence-corrected chi connectivity index (χ2v) is 10.8. The zero-order valence-electron chi connectivity index (χ0n) is 23.9. The van der Waals surface area contributed by atoms with Crippen LogP contribution < -0.4 is 5.32 Å². The van der Waals surface area contributed by atoms with Gasteiger partial charge in [-0.15, -0.1) is 0 Å². The summed E-state index contributed by atoms with van der Waals surface area (Å²) in [4.78, 5) is 51.4. The van der Waals surface area contributed by atoms with Gasteiger partial charge in [0.25, 0.3) is 5.60 Å². The maximum absolute atomic E-state index is 15.5. The Bertz CT molecular complexity index is 1710. The van der Waals surface area contributed by atoms with Crippen LogP contribution in [-0.2, 0) is 30.2 Å². The van der Waals surface area contributed by atoms with Crippen LogP contribution in [0.25, 0.3) is 21.6 Å². The van der Waals surface area contributed by atoms with Crippen molar-refractivity contribution in [2.45, 2.75) is 63.0 Å². The minimum atomic E-state index is -2.89. The van der Waals surface area contributed by atoms with Crippen molar-refractivity contribution in [3.8, 4) is 6.07 Å². The number of hydrogen-bond donors (Lipinski definition) is 4. The first-order valence-corrected chi connectivity index (χ1v) is 13.1. The van der Waals surface area contributed by atoms with Gasteiger partial charge < -0.3 is 29.5 Å². The van der Waals surface area contributed by atoms with Gasteiger partial charge in [-0.05, 0) is 49.1 Å². The summed E-state index contributed by atoms with van der Waals surface area (Å²) < 4.78 is 32.7. The number of fused-ring (bicyclic) bond motifs is 1. The van der Waals surface area contributed by atoms with Crippen LogP contribution in [0.15, 0.2) is 35.7 Å². The number of anilines is 1. The molecule has 1 aliphatic rings. The number of nitrogens with zero attached hydrogens (tertiary/aromatic N) is 8. The third-order valence-corrected chi connectivity index (χ3v) is 6.43. The number of aliphatic hydroxyl groups is 1. The van der Waals surface area contributed by atoms with E-state index in [1.807, 2.05) is 6.07 Å². The van der Waals surface area contributed by atoms with Crippen LogP contribution in [0.2, 0.25) is 0 Å². The van der Waals surface area contributed by atoms with Crippen molar-refractivity contribution in [1.82, 2.24) is 19.5 Å². The second-order valence-electron chi connectivity index (χ2n) is 10.8. The predicted molar refractivity (Wildman–Crippen MR) is 148 cm³/mol. The topological polar surface area (TPSA) is 268 Å². The van der Waals surface area contributed by atoms with Gasteiger partial charge in [-0.1, -0.05) is 12.1 Å². The first kappa shape index (κ1) is 32.5. The quantitative estimate of drug-likeness (QED) is 0.109. The molecule has 0 saturated carbocycles. The number of imidazole rings is 1. The van der Waals surface area contributed by atoms with Crippen LogP contribution in [0.4, 0.5) is 21.0 Å². The molecule has 236 valence electrons. The van der Waals surface area contributed by atoms with Gasteiger partial charge in [-0.3, -0.25) is 9.88 Å². The van der Waals surface area contributed by atoms with E-state index in [2.05, 4.69) is 30.3 Å². The molecule has 1 saturated heterocycles. The Morgan fingerprint density at radius 1 is 1.27 bits per heavy atom. The number of aliphatic carboxylic acids is 2. The number of carboxylic acids is 2. The molecule has 1 fully saturated rings. The number of nitriles is 1. The van der Waals surface area contributed by atoms with Gasteiger partial charge >= 0.3 is 18.0 Å². The summed E-state index contributed by atoms with van der Waals surface area (Å²) in [7, 11) is 0. The molecule has 1 aromatic carbocycles. The van der Waals surface area contributed by atoms with Crippen molar-refractivity contribution in [1.29, 1.82) is 5.26 Å².